The van der Waals surface area contributed by atoms with Crippen LogP contribution < -0.4 is 15.8 Å². The van der Waals surface area contributed by atoms with Crippen molar-refractivity contribution >= 4 is 17.4 Å². The van der Waals surface area contributed by atoms with Gasteiger partial charge in [-0.1, -0.05) is 13.3 Å². The van der Waals surface area contributed by atoms with Crippen LogP contribution >= 0.6 is 0 Å². The van der Waals surface area contributed by atoms with E-state index in [0.29, 0.717) is 23.9 Å². The van der Waals surface area contributed by atoms with Crippen molar-refractivity contribution in [2.24, 2.45) is 5.92 Å². The van der Waals surface area contributed by atoms with Gasteiger partial charge >= 0.3 is 6.01 Å². The molecule has 126 valence electrons. The van der Waals surface area contributed by atoms with Crippen molar-refractivity contribution in [3.05, 3.63) is 5.69 Å². The number of nitrogens with zero attached hydrogens (tertiary/aromatic N) is 2. The second-order valence-corrected chi connectivity index (χ2v) is 6.20. The molecule has 1 aromatic heterocycles. The third-order valence-electron chi connectivity index (χ3n) is 4.46. The lowest BCUT2D eigenvalue weighted by Crippen LogP contribution is -2.14. The van der Waals surface area contributed by atoms with E-state index in [1.54, 1.807) is 0 Å². The maximum Gasteiger partial charge on any atom is 0.318 e. The normalized spacial score (nSPS) is 22.9. The topological polar surface area (TPSA) is 99.4 Å². The number of nitrogens with two attached hydrogens (primary N) is 1. The Hall–Kier alpha value is -1.89. The van der Waals surface area contributed by atoms with Crippen molar-refractivity contribution in [1.82, 2.24) is 9.97 Å². The molecule has 23 heavy (non-hydrogen) atoms. The van der Waals surface area contributed by atoms with E-state index in [0.717, 1.165) is 45.3 Å². The molecule has 2 aliphatic rings. The zero-order chi connectivity index (χ0) is 16.2. The van der Waals surface area contributed by atoms with Crippen molar-refractivity contribution in [3.8, 4) is 6.01 Å². The molecule has 3 N–H and O–H groups in total. The first kappa shape index (κ1) is 16.0. The number of carbonyl (C=O) groups excluding carboxylic acids is 1. The van der Waals surface area contributed by atoms with Crippen LogP contribution in [-0.4, -0.2) is 35.7 Å². The minimum Gasteiger partial charge on any atom is -0.463 e. The number of aromatic nitrogens is 2. The molecule has 2 atom stereocenters. The molecule has 1 fully saturated rings. The van der Waals surface area contributed by atoms with E-state index in [4.69, 9.17) is 15.2 Å². The maximum atomic E-state index is 12.3. The Balaban J connectivity index is 1.72. The van der Waals surface area contributed by atoms with Crippen LogP contribution in [0.3, 0.4) is 0 Å². The number of nitrogens with one attached hydrogen (secondary N) is 1. The van der Waals surface area contributed by atoms with Crippen molar-refractivity contribution in [2.75, 3.05) is 30.9 Å². The van der Waals surface area contributed by atoms with Crippen LogP contribution in [0.1, 0.15) is 50.6 Å². The van der Waals surface area contributed by atoms with Gasteiger partial charge in [0.15, 0.2) is 5.82 Å². The smallest absolute Gasteiger partial charge is 0.318 e. The summed E-state index contributed by atoms with van der Waals surface area (Å²) in [5.41, 5.74) is 7.17. The molecule has 0 aliphatic carbocycles. The van der Waals surface area contributed by atoms with Gasteiger partial charge in [0, 0.05) is 13.2 Å². The van der Waals surface area contributed by atoms with Crippen LogP contribution in [0.25, 0.3) is 0 Å². The Bertz CT molecular complexity index is 573. The van der Waals surface area contributed by atoms with Gasteiger partial charge in [0.25, 0.3) is 0 Å². The summed E-state index contributed by atoms with van der Waals surface area (Å²) in [6, 6.07) is 0.264. The first-order chi connectivity index (χ1) is 11.2. The van der Waals surface area contributed by atoms with Gasteiger partial charge < -0.3 is 20.5 Å². The molecular formula is C16H24N4O3. The predicted octanol–water partition coefficient (Wildman–Crippen LogP) is 2.09. The third kappa shape index (κ3) is 3.55. The fourth-order valence-electron chi connectivity index (χ4n) is 3.04. The number of rotatable bonds is 7. The minimum absolute atomic E-state index is 0.0503. The van der Waals surface area contributed by atoms with Gasteiger partial charge in [0.1, 0.15) is 5.69 Å². The van der Waals surface area contributed by atoms with Gasteiger partial charge in [-0.15, -0.1) is 0 Å². The van der Waals surface area contributed by atoms with Crippen molar-refractivity contribution in [1.29, 1.82) is 0 Å². The number of unbranched alkanes of at least 4 members (excludes halogenated alkanes) is 1. The monoisotopic (exact) mass is 320 g/mol. The molecule has 2 aliphatic heterocycles. The summed E-state index contributed by atoms with van der Waals surface area (Å²) >= 11 is 0. The number of carbonyl (C=O) groups is 1. The van der Waals surface area contributed by atoms with Crippen LogP contribution in [0.2, 0.25) is 0 Å². The Labute approximate surface area is 136 Å². The number of anilines is 2. The number of hydrogen-bond donors (Lipinski definition) is 2. The van der Waals surface area contributed by atoms with E-state index in [2.05, 4.69) is 22.2 Å². The van der Waals surface area contributed by atoms with Gasteiger partial charge in [-0.2, -0.15) is 9.97 Å². The molecule has 1 saturated heterocycles. The minimum atomic E-state index is -0.274. The first-order valence-corrected chi connectivity index (χ1v) is 8.37. The maximum absolute atomic E-state index is 12.3. The number of ether oxygens (including phenoxy) is 2. The lowest BCUT2D eigenvalue weighted by Gasteiger charge is -2.12. The highest BCUT2D eigenvalue weighted by Gasteiger charge is 2.35. The lowest BCUT2D eigenvalue weighted by molar-refractivity contribution is -0.117. The SMILES string of the molecule is CCCCOc1nc(N)c2c(n1)C(CC[C@@H]1CCOC1)C(=O)N2. The molecule has 1 amide bonds. The zero-order valence-corrected chi connectivity index (χ0v) is 13.5. The van der Waals surface area contributed by atoms with E-state index in [9.17, 15) is 4.79 Å². The van der Waals surface area contributed by atoms with Gasteiger partial charge in [0.2, 0.25) is 5.91 Å². The van der Waals surface area contributed by atoms with E-state index in [1.807, 2.05) is 0 Å². The van der Waals surface area contributed by atoms with Crippen LogP contribution in [0, 0.1) is 5.92 Å². The van der Waals surface area contributed by atoms with Crippen molar-refractivity contribution < 1.29 is 14.3 Å². The van der Waals surface area contributed by atoms with Crippen molar-refractivity contribution in [3.63, 3.8) is 0 Å². The fraction of sp³-hybridized carbons (Fsp3) is 0.688. The molecule has 0 radical (unpaired) electrons. The second kappa shape index (κ2) is 7.12. The molecule has 0 spiro atoms. The quantitative estimate of drug-likeness (QED) is 0.746. The predicted molar refractivity (Wildman–Crippen MR) is 86.4 cm³/mol. The Morgan fingerprint density at radius 3 is 3.00 bits per heavy atom. The van der Waals surface area contributed by atoms with Crippen LogP contribution in [0.15, 0.2) is 0 Å². The molecule has 1 aromatic rings. The summed E-state index contributed by atoms with van der Waals surface area (Å²) in [7, 11) is 0. The molecule has 0 saturated carbocycles. The first-order valence-electron chi connectivity index (χ1n) is 8.37. The summed E-state index contributed by atoms with van der Waals surface area (Å²) in [5.74, 6) is 0.489. The Kier molecular flexibility index (Phi) is 4.95. The van der Waals surface area contributed by atoms with Gasteiger partial charge in [-0.3, -0.25) is 4.79 Å². The number of fused-ring (bicyclic) bond motifs is 1. The summed E-state index contributed by atoms with van der Waals surface area (Å²) < 4.78 is 10.9. The van der Waals surface area contributed by atoms with Crippen LogP contribution in [0.5, 0.6) is 6.01 Å². The van der Waals surface area contributed by atoms with Gasteiger partial charge in [-0.25, -0.2) is 0 Å². The molecular weight excluding hydrogens is 296 g/mol. The highest BCUT2D eigenvalue weighted by atomic mass is 16.5. The van der Waals surface area contributed by atoms with E-state index in [1.165, 1.54) is 0 Å². The zero-order valence-electron chi connectivity index (χ0n) is 13.5. The molecule has 3 heterocycles. The van der Waals surface area contributed by atoms with Crippen LogP contribution in [0.4, 0.5) is 11.5 Å². The van der Waals surface area contributed by atoms with Crippen molar-refractivity contribution in [2.45, 2.75) is 44.9 Å². The molecule has 0 aromatic carbocycles. The molecule has 7 heteroatoms. The van der Waals surface area contributed by atoms with Gasteiger partial charge in [0.05, 0.1) is 18.2 Å². The largest absolute Gasteiger partial charge is 0.463 e. The van der Waals surface area contributed by atoms with E-state index < -0.39 is 0 Å². The van der Waals surface area contributed by atoms with Gasteiger partial charge in [-0.05, 0) is 31.6 Å². The van der Waals surface area contributed by atoms with Crippen LogP contribution in [-0.2, 0) is 9.53 Å². The summed E-state index contributed by atoms with van der Waals surface area (Å²) in [4.78, 5) is 20.8. The highest BCUT2D eigenvalue weighted by Crippen LogP contribution is 2.39. The molecule has 1 unspecified atom stereocenters. The third-order valence-corrected chi connectivity index (χ3v) is 4.46. The standard InChI is InChI=1S/C16H24N4O3/c1-2-3-7-23-16-19-12-11(5-4-10-6-8-22-9-10)15(21)18-13(12)14(17)20-16/h10-11H,2-9H2,1H3,(H,18,21)(H2,17,19,20)/t10-,11?/m1/s1. The summed E-state index contributed by atoms with van der Waals surface area (Å²) in [6.07, 6.45) is 4.73. The summed E-state index contributed by atoms with van der Waals surface area (Å²) in [5, 5.41) is 2.81. The average Bonchev–Trinajstić information content (AvgIpc) is 3.14. The van der Waals surface area contributed by atoms with E-state index >= 15 is 0 Å². The molecule has 7 nitrogen and oxygen atoms in total. The molecule has 3 rings (SSSR count). The lowest BCUT2D eigenvalue weighted by atomic mass is 9.93. The summed E-state index contributed by atoms with van der Waals surface area (Å²) in [6.45, 7) is 4.26. The second-order valence-electron chi connectivity index (χ2n) is 6.20. The average molecular weight is 320 g/mol. The number of nitrogen functional groups attached to an aromatic ring is 1. The number of hydrogen-bond acceptors (Lipinski definition) is 6. The Morgan fingerprint density at radius 1 is 1.39 bits per heavy atom. The highest BCUT2D eigenvalue weighted by molar-refractivity contribution is 6.04. The Morgan fingerprint density at radius 2 is 2.26 bits per heavy atom. The molecule has 0 bridgehead atoms. The fourth-order valence-corrected chi connectivity index (χ4v) is 3.04. The number of amides is 1. The van der Waals surface area contributed by atoms with E-state index in [-0.39, 0.29) is 23.7 Å².